The Labute approximate surface area is 99.1 Å². The summed E-state index contributed by atoms with van der Waals surface area (Å²) in [5.74, 6) is -0.660. The van der Waals surface area contributed by atoms with E-state index in [4.69, 9.17) is 5.73 Å². The Morgan fingerprint density at radius 3 is 2.71 bits per heavy atom. The van der Waals surface area contributed by atoms with Crippen LogP contribution in [0.2, 0.25) is 0 Å². The van der Waals surface area contributed by atoms with E-state index in [1.54, 1.807) is 25.2 Å². The monoisotopic (exact) mass is 237 g/mol. The topological polar surface area (TPSA) is 93.5 Å². The molecule has 1 rings (SSSR count). The molecule has 0 aliphatic rings. The highest BCUT2D eigenvalue weighted by atomic mass is 16.5. The van der Waals surface area contributed by atoms with Gasteiger partial charge >= 0.3 is 5.97 Å². The summed E-state index contributed by atoms with van der Waals surface area (Å²) in [5, 5.41) is 5.34. The van der Waals surface area contributed by atoms with Crippen molar-refractivity contribution in [2.75, 3.05) is 31.8 Å². The number of benzene rings is 1. The Balaban J connectivity index is 2.81. The van der Waals surface area contributed by atoms with Crippen molar-refractivity contribution in [1.82, 2.24) is 5.32 Å². The minimum atomic E-state index is -0.508. The molecule has 1 aromatic carbocycles. The van der Waals surface area contributed by atoms with Crippen molar-refractivity contribution >= 4 is 23.3 Å². The van der Waals surface area contributed by atoms with Gasteiger partial charge in [0.25, 0.3) is 0 Å². The summed E-state index contributed by atoms with van der Waals surface area (Å²) in [6.45, 7) is 0.126. The lowest BCUT2D eigenvalue weighted by Crippen LogP contribution is -2.26. The van der Waals surface area contributed by atoms with Gasteiger partial charge in [0.05, 0.1) is 19.2 Å². The number of carbonyl (C=O) groups is 2. The molecule has 1 amide bonds. The second kappa shape index (κ2) is 5.74. The number of nitrogens with one attached hydrogen (secondary N) is 2. The standard InChI is InChI=1S/C11H15N3O3/c1-13-10(15)6-14-7-3-4-9(12)8(5-7)11(16)17-2/h3-5,14H,6,12H2,1-2H3,(H,13,15). The molecule has 0 aliphatic carbocycles. The summed E-state index contributed by atoms with van der Waals surface area (Å²) in [4.78, 5) is 22.4. The van der Waals surface area contributed by atoms with Crippen molar-refractivity contribution in [3.05, 3.63) is 23.8 Å². The van der Waals surface area contributed by atoms with Crippen LogP contribution in [0, 0.1) is 0 Å². The average Bonchev–Trinajstić information content (AvgIpc) is 2.36. The summed E-state index contributed by atoms with van der Waals surface area (Å²) in [5.41, 5.74) is 6.88. The summed E-state index contributed by atoms with van der Waals surface area (Å²) >= 11 is 0. The van der Waals surface area contributed by atoms with E-state index in [0.717, 1.165) is 0 Å². The first-order chi connectivity index (χ1) is 8.08. The van der Waals surface area contributed by atoms with Crippen LogP contribution in [0.4, 0.5) is 11.4 Å². The lowest BCUT2D eigenvalue weighted by atomic mass is 10.1. The zero-order valence-electron chi connectivity index (χ0n) is 9.74. The second-order valence-electron chi connectivity index (χ2n) is 3.32. The second-order valence-corrected chi connectivity index (χ2v) is 3.32. The van der Waals surface area contributed by atoms with Crippen molar-refractivity contribution in [1.29, 1.82) is 0 Å². The molecule has 6 heteroatoms. The highest BCUT2D eigenvalue weighted by molar-refractivity contribution is 5.96. The zero-order valence-corrected chi connectivity index (χ0v) is 9.74. The third-order valence-corrected chi connectivity index (χ3v) is 2.19. The summed E-state index contributed by atoms with van der Waals surface area (Å²) < 4.78 is 4.59. The molecule has 0 aliphatic heterocycles. The van der Waals surface area contributed by atoms with E-state index in [2.05, 4.69) is 15.4 Å². The van der Waals surface area contributed by atoms with E-state index in [9.17, 15) is 9.59 Å². The van der Waals surface area contributed by atoms with Gasteiger partial charge in [-0.25, -0.2) is 4.79 Å². The maximum absolute atomic E-state index is 11.4. The van der Waals surface area contributed by atoms with Crippen LogP contribution >= 0.6 is 0 Å². The first-order valence-corrected chi connectivity index (χ1v) is 5.00. The van der Waals surface area contributed by atoms with Gasteiger partial charge in [-0.3, -0.25) is 4.79 Å². The number of likely N-dealkylation sites (N-methyl/N-ethyl adjacent to an activating group) is 1. The van der Waals surface area contributed by atoms with Crippen LogP contribution in [0.1, 0.15) is 10.4 Å². The number of methoxy groups -OCH3 is 1. The third kappa shape index (κ3) is 3.37. The lowest BCUT2D eigenvalue weighted by Gasteiger charge is -2.08. The fourth-order valence-electron chi connectivity index (χ4n) is 1.22. The number of anilines is 2. The van der Waals surface area contributed by atoms with Gasteiger partial charge in [-0.15, -0.1) is 0 Å². The molecule has 0 spiro atoms. The van der Waals surface area contributed by atoms with Crippen molar-refractivity contribution in [3.63, 3.8) is 0 Å². The third-order valence-electron chi connectivity index (χ3n) is 2.19. The van der Waals surface area contributed by atoms with Crippen LogP contribution in [0.3, 0.4) is 0 Å². The molecule has 1 aromatic rings. The van der Waals surface area contributed by atoms with E-state index in [1.165, 1.54) is 7.11 Å². The Hall–Kier alpha value is -2.24. The smallest absolute Gasteiger partial charge is 0.340 e. The molecule has 0 bridgehead atoms. The number of ether oxygens (including phenoxy) is 1. The van der Waals surface area contributed by atoms with Crippen molar-refractivity contribution in [3.8, 4) is 0 Å². The molecule has 0 radical (unpaired) electrons. The number of amides is 1. The number of carbonyl (C=O) groups excluding carboxylic acids is 2. The van der Waals surface area contributed by atoms with Crippen molar-refractivity contribution < 1.29 is 14.3 Å². The van der Waals surface area contributed by atoms with Gasteiger partial charge in [0.15, 0.2) is 0 Å². The average molecular weight is 237 g/mol. The Kier molecular flexibility index (Phi) is 4.33. The maximum Gasteiger partial charge on any atom is 0.340 e. The minimum Gasteiger partial charge on any atom is -0.465 e. The Morgan fingerprint density at radius 2 is 2.12 bits per heavy atom. The molecule has 0 unspecified atom stereocenters. The van der Waals surface area contributed by atoms with Crippen LogP contribution in [0.5, 0.6) is 0 Å². The van der Waals surface area contributed by atoms with E-state index in [-0.39, 0.29) is 18.0 Å². The number of rotatable bonds is 4. The normalized spacial score (nSPS) is 9.53. The van der Waals surface area contributed by atoms with Gasteiger partial charge < -0.3 is 21.1 Å². The van der Waals surface area contributed by atoms with Crippen LogP contribution in [-0.2, 0) is 9.53 Å². The largest absolute Gasteiger partial charge is 0.465 e. The van der Waals surface area contributed by atoms with E-state index >= 15 is 0 Å². The molecular weight excluding hydrogens is 222 g/mol. The summed E-state index contributed by atoms with van der Waals surface area (Å²) in [7, 11) is 2.83. The summed E-state index contributed by atoms with van der Waals surface area (Å²) in [6, 6.07) is 4.81. The highest BCUT2D eigenvalue weighted by Crippen LogP contribution is 2.18. The molecule has 0 saturated heterocycles. The highest BCUT2D eigenvalue weighted by Gasteiger charge is 2.10. The minimum absolute atomic E-state index is 0.126. The van der Waals surface area contributed by atoms with E-state index in [0.29, 0.717) is 11.4 Å². The molecule has 0 aromatic heterocycles. The number of hydrogen-bond donors (Lipinski definition) is 3. The molecule has 92 valence electrons. The first kappa shape index (κ1) is 12.8. The van der Waals surface area contributed by atoms with Crippen molar-refractivity contribution in [2.45, 2.75) is 0 Å². The molecule has 0 fully saturated rings. The van der Waals surface area contributed by atoms with Gasteiger partial charge in [0.1, 0.15) is 0 Å². The maximum atomic E-state index is 11.4. The molecule has 0 heterocycles. The van der Waals surface area contributed by atoms with E-state index < -0.39 is 5.97 Å². The SMILES string of the molecule is CNC(=O)CNc1ccc(N)c(C(=O)OC)c1. The van der Waals surface area contributed by atoms with Crippen LogP contribution in [0.15, 0.2) is 18.2 Å². The van der Waals surface area contributed by atoms with E-state index in [1.807, 2.05) is 0 Å². The predicted molar refractivity (Wildman–Crippen MR) is 64.8 cm³/mol. The van der Waals surface area contributed by atoms with Crippen LogP contribution < -0.4 is 16.4 Å². The molecular formula is C11H15N3O3. The molecule has 4 N–H and O–H groups in total. The zero-order chi connectivity index (χ0) is 12.8. The van der Waals surface area contributed by atoms with Gasteiger partial charge in [-0.05, 0) is 18.2 Å². The molecule has 0 saturated carbocycles. The Morgan fingerprint density at radius 1 is 1.41 bits per heavy atom. The number of nitrogens with two attached hydrogens (primary N) is 1. The summed E-state index contributed by atoms with van der Waals surface area (Å²) in [6.07, 6.45) is 0. The first-order valence-electron chi connectivity index (χ1n) is 5.00. The number of esters is 1. The number of nitrogen functional groups attached to an aromatic ring is 1. The van der Waals surface area contributed by atoms with Crippen LogP contribution in [0.25, 0.3) is 0 Å². The fourth-order valence-corrected chi connectivity index (χ4v) is 1.22. The lowest BCUT2D eigenvalue weighted by molar-refractivity contribution is -0.118. The van der Waals surface area contributed by atoms with Crippen molar-refractivity contribution in [2.24, 2.45) is 0 Å². The molecule has 0 atom stereocenters. The van der Waals surface area contributed by atoms with Gasteiger partial charge in [-0.1, -0.05) is 0 Å². The predicted octanol–water partition coefficient (Wildman–Crippen LogP) is 0.213. The van der Waals surface area contributed by atoms with Gasteiger partial charge in [0, 0.05) is 18.4 Å². The number of hydrogen-bond acceptors (Lipinski definition) is 5. The quantitative estimate of drug-likeness (QED) is 0.514. The van der Waals surface area contributed by atoms with Gasteiger partial charge in [-0.2, -0.15) is 0 Å². The molecule has 6 nitrogen and oxygen atoms in total. The Bertz CT molecular complexity index is 432. The fraction of sp³-hybridized carbons (Fsp3) is 0.273. The van der Waals surface area contributed by atoms with Gasteiger partial charge in [0.2, 0.25) is 5.91 Å². The molecule has 17 heavy (non-hydrogen) atoms. The van der Waals surface area contributed by atoms with Crippen LogP contribution in [-0.4, -0.2) is 32.6 Å².